The van der Waals surface area contributed by atoms with E-state index in [-0.39, 0.29) is 13.0 Å². The molecule has 1 N–H and O–H groups in total. The Bertz CT molecular complexity index is 642. The fourth-order valence-corrected chi connectivity index (χ4v) is 1.41. The second-order valence-electron chi connectivity index (χ2n) is 5.43. The summed E-state index contributed by atoms with van der Waals surface area (Å²) < 4.78 is 70.3. The lowest BCUT2D eigenvalue weighted by molar-refractivity contribution is 0.0529. The summed E-state index contributed by atoms with van der Waals surface area (Å²) in [6.07, 6.45) is -0.783. The predicted octanol–water partition coefficient (Wildman–Crippen LogP) is 3.65. The molecule has 0 bridgehead atoms. The molecule has 1 rings (SSSR count). The number of alkyl carbamates (subject to hydrolysis) is 1. The molecule has 8 heteroatoms. The van der Waals surface area contributed by atoms with Crippen molar-refractivity contribution in [1.29, 1.82) is 0 Å². The van der Waals surface area contributed by atoms with Gasteiger partial charge in [-0.3, -0.25) is 0 Å². The van der Waals surface area contributed by atoms with Gasteiger partial charge in [0.05, 0.1) is 0 Å². The molecule has 0 aromatic heterocycles. The molecule has 3 nitrogen and oxygen atoms in total. The summed E-state index contributed by atoms with van der Waals surface area (Å²) in [7, 11) is 0. The predicted molar refractivity (Wildman–Crippen MR) is 72.0 cm³/mol. The Balaban J connectivity index is 2.70. The van der Waals surface area contributed by atoms with Crippen molar-refractivity contribution in [1.82, 2.24) is 5.32 Å². The summed E-state index contributed by atoms with van der Waals surface area (Å²) in [6.45, 7) is 4.97. The lowest BCUT2D eigenvalue weighted by Gasteiger charge is -2.19. The van der Waals surface area contributed by atoms with Crippen LogP contribution in [0.1, 0.15) is 32.8 Å². The number of rotatable bonds is 2. The molecule has 0 atom stereocenters. The first-order valence-corrected chi connectivity index (χ1v) is 6.51. The van der Waals surface area contributed by atoms with E-state index in [2.05, 4.69) is 11.2 Å². The molecule has 1 aromatic rings. The Morgan fingerprint density at radius 2 is 1.48 bits per heavy atom. The fraction of sp³-hybridized carbons (Fsp3) is 0.400. The van der Waals surface area contributed by atoms with Gasteiger partial charge < -0.3 is 10.1 Å². The van der Waals surface area contributed by atoms with Crippen LogP contribution < -0.4 is 5.32 Å². The molecule has 0 aliphatic heterocycles. The molecule has 1 aromatic carbocycles. The molecule has 126 valence electrons. The second-order valence-corrected chi connectivity index (χ2v) is 5.43. The molecule has 0 radical (unpaired) electrons. The van der Waals surface area contributed by atoms with Crippen LogP contribution in [-0.4, -0.2) is 18.2 Å². The molecule has 1 amide bonds. The van der Waals surface area contributed by atoms with Gasteiger partial charge in [-0.05, 0) is 20.8 Å². The Kier molecular flexibility index (Phi) is 5.96. The number of carbonyl (C=O) groups is 1. The van der Waals surface area contributed by atoms with Gasteiger partial charge >= 0.3 is 6.09 Å². The van der Waals surface area contributed by atoms with Crippen LogP contribution in [0.3, 0.4) is 0 Å². The number of ether oxygens (including phenoxy) is 1. The molecular weight excluding hydrogens is 321 g/mol. The third-order valence-corrected chi connectivity index (χ3v) is 2.34. The van der Waals surface area contributed by atoms with Crippen molar-refractivity contribution >= 4 is 6.09 Å². The third-order valence-electron chi connectivity index (χ3n) is 2.34. The number of hydrogen-bond donors (Lipinski definition) is 1. The van der Waals surface area contributed by atoms with E-state index in [1.165, 1.54) is 0 Å². The van der Waals surface area contributed by atoms with E-state index in [0.717, 1.165) is 0 Å². The molecule has 0 unspecified atom stereocenters. The van der Waals surface area contributed by atoms with Gasteiger partial charge in [-0.25, -0.2) is 26.7 Å². The van der Waals surface area contributed by atoms with Gasteiger partial charge in [-0.1, -0.05) is 11.8 Å². The van der Waals surface area contributed by atoms with E-state index < -0.39 is 46.3 Å². The van der Waals surface area contributed by atoms with Crippen molar-refractivity contribution in [2.75, 3.05) is 6.54 Å². The largest absolute Gasteiger partial charge is 0.444 e. The maximum Gasteiger partial charge on any atom is 0.407 e. The first-order valence-electron chi connectivity index (χ1n) is 6.51. The van der Waals surface area contributed by atoms with Crippen molar-refractivity contribution in [3.8, 4) is 11.8 Å². The van der Waals surface area contributed by atoms with Crippen LogP contribution in [-0.2, 0) is 4.74 Å². The normalized spacial score (nSPS) is 10.8. The third kappa shape index (κ3) is 5.13. The number of benzene rings is 1. The van der Waals surface area contributed by atoms with Crippen molar-refractivity contribution in [3.05, 3.63) is 34.6 Å². The summed E-state index contributed by atoms with van der Waals surface area (Å²) in [5.41, 5.74) is -1.90. The average molecular weight is 335 g/mol. The summed E-state index contributed by atoms with van der Waals surface area (Å²) in [5.74, 6) is -6.24. The van der Waals surface area contributed by atoms with Crippen LogP contribution in [0.2, 0.25) is 0 Å². The number of halogens is 5. The van der Waals surface area contributed by atoms with E-state index in [0.29, 0.717) is 0 Å². The molecule has 0 heterocycles. The number of amides is 1. The van der Waals surface area contributed by atoms with E-state index in [9.17, 15) is 26.7 Å². The first-order chi connectivity index (χ1) is 10.5. The minimum Gasteiger partial charge on any atom is -0.444 e. The van der Waals surface area contributed by atoms with Crippen LogP contribution in [0.25, 0.3) is 0 Å². The lowest BCUT2D eigenvalue weighted by atomic mass is 10.1. The van der Waals surface area contributed by atoms with Gasteiger partial charge in [-0.2, -0.15) is 0 Å². The topological polar surface area (TPSA) is 38.3 Å². The highest BCUT2D eigenvalue weighted by Gasteiger charge is 2.24. The maximum atomic E-state index is 13.3. The summed E-state index contributed by atoms with van der Waals surface area (Å²) in [5, 5.41) is 2.33. The van der Waals surface area contributed by atoms with Crippen LogP contribution in [0, 0.1) is 40.9 Å². The maximum absolute atomic E-state index is 13.3. The molecule has 0 spiro atoms. The average Bonchev–Trinajstić information content (AvgIpc) is 2.44. The van der Waals surface area contributed by atoms with Gasteiger partial charge in [0, 0.05) is 13.0 Å². The fourth-order valence-electron chi connectivity index (χ4n) is 1.41. The van der Waals surface area contributed by atoms with Gasteiger partial charge in [-0.15, -0.1) is 0 Å². The van der Waals surface area contributed by atoms with E-state index in [4.69, 9.17) is 4.74 Å². The number of carbonyl (C=O) groups excluding carboxylic acids is 1. The molecule has 0 fully saturated rings. The molecule has 0 aliphatic rings. The number of nitrogens with one attached hydrogen (secondary N) is 1. The second kappa shape index (κ2) is 7.31. The molecule has 0 saturated carbocycles. The van der Waals surface area contributed by atoms with Gasteiger partial charge in [0.2, 0.25) is 5.82 Å². The van der Waals surface area contributed by atoms with Crippen molar-refractivity contribution in [2.45, 2.75) is 32.8 Å². The highest BCUT2D eigenvalue weighted by molar-refractivity contribution is 5.67. The highest BCUT2D eigenvalue weighted by atomic mass is 19.2. The number of hydrogen-bond acceptors (Lipinski definition) is 2. The van der Waals surface area contributed by atoms with Gasteiger partial charge in [0.25, 0.3) is 0 Å². The summed E-state index contributed by atoms with van der Waals surface area (Å²) >= 11 is 0. The minimum atomic E-state index is -2.24. The first kappa shape index (κ1) is 18.7. The summed E-state index contributed by atoms with van der Waals surface area (Å²) in [4.78, 5) is 11.3. The molecule has 23 heavy (non-hydrogen) atoms. The smallest absolute Gasteiger partial charge is 0.407 e. The van der Waals surface area contributed by atoms with E-state index >= 15 is 0 Å². The Morgan fingerprint density at radius 3 is 1.96 bits per heavy atom. The lowest BCUT2D eigenvalue weighted by Crippen LogP contribution is -2.32. The van der Waals surface area contributed by atoms with Crippen molar-refractivity contribution < 1.29 is 31.5 Å². The zero-order valence-corrected chi connectivity index (χ0v) is 12.6. The van der Waals surface area contributed by atoms with Crippen molar-refractivity contribution in [2.24, 2.45) is 0 Å². The molecule has 0 aliphatic carbocycles. The molecule has 0 saturated heterocycles. The molecular formula is C15H14F5NO2. The highest BCUT2D eigenvalue weighted by Crippen LogP contribution is 2.22. The van der Waals surface area contributed by atoms with Crippen LogP contribution >= 0.6 is 0 Å². The standard InChI is InChI=1S/C15H14F5NO2/c1-15(2,3)23-14(22)21-7-5-4-6-8-9(16)11(18)13(20)12(19)10(8)17/h5,7H2,1-3H3,(H,21,22). The Hall–Kier alpha value is -2.30. The zero-order valence-electron chi connectivity index (χ0n) is 12.6. The summed E-state index contributed by atoms with van der Waals surface area (Å²) in [6, 6.07) is 0. The zero-order chi connectivity index (χ0) is 17.8. The van der Waals surface area contributed by atoms with Crippen LogP contribution in [0.5, 0.6) is 0 Å². The Morgan fingerprint density at radius 1 is 1.00 bits per heavy atom. The van der Waals surface area contributed by atoms with Gasteiger partial charge in [0.15, 0.2) is 23.3 Å². The minimum absolute atomic E-state index is 0.0166. The quantitative estimate of drug-likeness (QED) is 0.295. The van der Waals surface area contributed by atoms with Gasteiger partial charge in [0.1, 0.15) is 11.2 Å². The van der Waals surface area contributed by atoms with Crippen LogP contribution in [0.15, 0.2) is 0 Å². The van der Waals surface area contributed by atoms with E-state index in [1.54, 1.807) is 20.8 Å². The van der Waals surface area contributed by atoms with Crippen LogP contribution in [0.4, 0.5) is 26.7 Å². The van der Waals surface area contributed by atoms with E-state index in [1.807, 2.05) is 5.92 Å². The SMILES string of the molecule is CC(C)(C)OC(=O)NCCC#Cc1c(F)c(F)c(F)c(F)c1F. The Labute approximate surface area is 129 Å². The van der Waals surface area contributed by atoms with Crippen molar-refractivity contribution in [3.63, 3.8) is 0 Å². The monoisotopic (exact) mass is 335 g/mol.